The lowest BCUT2D eigenvalue weighted by atomic mass is 9.89. The summed E-state index contributed by atoms with van der Waals surface area (Å²) < 4.78 is 0. The van der Waals surface area contributed by atoms with Crippen molar-refractivity contribution >= 4 is 11.5 Å². The van der Waals surface area contributed by atoms with Crippen LogP contribution in [0.4, 0.5) is 5.69 Å². The van der Waals surface area contributed by atoms with Crippen LogP contribution in [0.25, 0.3) is 0 Å². The number of carbonyl (C=O) groups is 1. The van der Waals surface area contributed by atoms with Crippen LogP contribution in [-0.4, -0.2) is 18.9 Å². The van der Waals surface area contributed by atoms with Crippen LogP contribution in [0.5, 0.6) is 0 Å². The summed E-state index contributed by atoms with van der Waals surface area (Å²) in [4.78, 5) is 13.7. The van der Waals surface area contributed by atoms with E-state index in [1.54, 1.807) is 6.92 Å². The zero-order valence-electron chi connectivity index (χ0n) is 12.5. The van der Waals surface area contributed by atoms with Gasteiger partial charge in [0.2, 0.25) is 0 Å². The monoisotopic (exact) mass is 279 g/mol. The maximum atomic E-state index is 11.3. The third kappa shape index (κ3) is 3.15. The molecule has 2 aromatic carbocycles. The van der Waals surface area contributed by atoms with Crippen molar-refractivity contribution in [2.24, 2.45) is 0 Å². The van der Waals surface area contributed by atoms with E-state index in [0.29, 0.717) is 5.92 Å². The normalized spacial score (nSPS) is 16.0. The maximum absolute atomic E-state index is 11.3. The number of nitrogens with zero attached hydrogens (tertiary/aromatic N) is 1. The third-order valence-corrected chi connectivity index (χ3v) is 4.40. The second kappa shape index (κ2) is 6.13. The van der Waals surface area contributed by atoms with Crippen LogP contribution in [0.15, 0.2) is 54.6 Å². The molecule has 0 atom stereocenters. The number of anilines is 1. The van der Waals surface area contributed by atoms with Gasteiger partial charge in [0.1, 0.15) is 0 Å². The van der Waals surface area contributed by atoms with E-state index in [-0.39, 0.29) is 5.78 Å². The molecule has 108 valence electrons. The molecule has 1 saturated heterocycles. The Morgan fingerprint density at radius 3 is 2.14 bits per heavy atom. The number of hydrogen-bond donors (Lipinski definition) is 0. The second-order valence-corrected chi connectivity index (χ2v) is 5.78. The van der Waals surface area contributed by atoms with E-state index >= 15 is 0 Å². The number of Topliss-reactive ketones (excluding diaryl/α,β-unsaturated/α-hetero) is 1. The van der Waals surface area contributed by atoms with E-state index in [4.69, 9.17) is 0 Å². The highest BCUT2D eigenvalue weighted by Gasteiger charge is 2.20. The van der Waals surface area contributed by atoms with Gasteiger partial charge in [0.05, 0.1) is 0 Å². The van der Waals surface area contributed by atoms with Gasteiger partial charge in [0.25, 0.3) is 0 Å². The molecule has 2 nitrogen and oxygen atoms in total. The maximum Gasteiger partial charge on any atom is 0.159 e. The molecule has 2 heteroatoms. The Morgan fingerprint density at radius 1 is 0.952 bits per heavy atom. The van der Waals surface area contributed by atoms with Gasteiger partial charge in [0.15, 0.2) is 5.78 Å². The molecule has 0 radical (unpaired) electrons. The summed E-state index contributed by atoms with van der Waals surface area (Å²) in [7, 11) is 0. The molecule has 3 rings (SSSR count). The van der Waals surface area contributed by atoms with Gasteiger partial charge in [-0.2, -0.15) is 0 Å². The van der Waals surface area contributed by atoms with Crippen LogP contribution in [0.3, 0.4) is 0 Å². The molecule has 0 N–H and O–H groups in total. The van der Waals surface area contributed by atoms with Crippen LogP contribution in [0.1, 0.15) is 41.6 Å². The number of carbonyl (C=O) groups excluding carboxylic acids is 1. The molecular formula is C19H21NO. The minimum atomic E-state index is 0.129. The Labute approximate surface area is 126 Å². The summed E-state index contributed by atoms with van der Waals surface area (Å²) in [6.45, 7) is 3.78. The van der Waals surface area contributed by atoms with Gasteiger partial charge in [0, 0.05) is 24.3 Å². The van der Waals surface area contributed by atoms with E-state index in [9.17, 15) is 4.79 Å². The molecule has 0 unspecified atom stereocenters. The highest BCUT2D eigenvalue weighted by atomic mass is 16.1. The van der Waals surface area contributed by atoms with Gasteiger partial charge in [-0.05, 0) is 55.5 Å². The highest BCUT2D eigenvalue weighted by Crippen LogP contribution is 2.30. The van der Waals surface area contributed by atoms with E-state index in [0.717, 1.165) is 18.7 Å². The Hall–Kier alpha value is -2.09. The van der Waals surface area contributed by atoms with Crippen molar-refractivity contribution in [2.45, 2.75) is 25.7 Å². The first kappa shape index (κ1) is 13.9. The predicted molar refractivity (Wildman–Crippen MR) is 87.1 cm³/mol. The average Bonchev–Trinajstić information content (AvgIpc) is 2.56. The third-order valence-electron chi connectivity index (χ3n) is 4.40. The minimum absolute atomic E-state index is 0.129. The van der Waals surface area contributed by atoms with Gasteiger partial charge < -0.3 is 4.90 Å². The Kier molecular flexibility index (Phi) is 4.05. The SMILES string of the molecule is CC(=O)c1ccc(N2CCC(c3ccccc3)CC2)cc1. The Bertz CT molecular complexity index is 595. The number of piperidine rings is 1. The van der Waals surface area contributed by atoms with Crippen molar-refractivity contribution in [3.8, 4) is 0 Å². The van der Waals surface area contributed by atoms with E-state index < -0.39 is 0 Å². The van der Waals surface area contributed by atoms with E-state index in [1.807, 2.05) is 12.1 Å². The molecule has 1 heterocycles. The molecular weight excluding hydrogens is 258 g/mol. The molecule has 21 heavy (non-hydrogen) atoms. The van der Waals surface area contributed by atoms with Gasteiger partial charge in [-0.25, -0.2) is 0 Å². The van der Waals surface area contributed by atoms with Gasteiger partial charge in [-0.3, -0.25) is 4.79 Å². The molecule has 0 amide bonds. The molecule has 1 fully saturated rings. The van der Waals surface area contributed by atoms with E-state index in [2.05, 4.69) is 47.4 Å². The summed E-state index contributed by atoms with van der Waals surface area (Å²) in [5, 5.41) is 0. The zero-order chi connectivity index (χ0) is 14.7. The van der Waals surface area contributed by atoms with Crippen molar-refractivity contribution < 1.29 is 4.79 Å². The lowest BCUT2D eigenvalue weighted by Gasteiger charge is -2.34. The largest absolute Gasteiger partial charge is 0.371 e. The topological polar surface area (TPSA) is 20.3 Å². The average molecular weight is 279 g/mol. The minimum Gasteiger partial charge on any atom is -0.371 e. The fourth-order valence-electron chi connectivity index (χ4n) is 3.10. The summed E-state index contributed by atoms with van der Waals surface area (Å²) in [5.74, 6) is 0.809. The summed E-state index contributed by atoms with van der Waals surface area (Å²) in [6, 6.07) is 18.8. The molecule has 1 aliphatic heterocycles. The standard InChI is InChI=1S/C19H21NO/c1-15(21)16-7-9-19(10-8-16)20-13-11-18(12-14-20)17-5-3-2-4-6-17/h2-10,18H,11-14H2,1H3. The van der Waals surface area contributed by atoms with Crippen LogP contribution in [-0.2, 0) is 0 Å². The number of ketones is 1. The summed E-state index contributed by atoms with van der Waals surface area (Å²) in [5.41, 5.74) is 3.48. The van der Waals surface area contributed by atoms with Crippen molar-refractivity contribution in [3.63, 3.8) is 0 Å². The summed E-state index contributed by atoms with van der Waals surface area (Å²) in [6.07, 6.45) is 2.39. The van der Waals surface area contributed by atoms with Crippen LogP contribution in [0.2, 0.25) is 0 Å². The molecule has 0 spiro atoms. The fourth-order valence-corrected chi connectivity index (χ4v) is 3.10. The van der Waals surface area contributed by atoms with E-state index in [1.165, 1.54) is 24.1 Å². The van der Waals surface area contributed by atoms with Crippen molar-refractivity contribution in [2.75, 3.05) is 18.0 Å². The van der Waals surface area contributed by atoms with Crippen LogP contribution < -0.4 is 4.90 Å². The molecule has 2 aromatic rings. The second-order valence-electron chi connectivity index (χ2n) is 5.78. The quantitative estimate of drug-likeness (QED) is 0.782. The van der Waals surface area contributed by atoms with Crippen LogP contribution >= 0.6 is 0 Å². The molecule has 0 bridgehead atoms. The number of benzene rings is 2. The van der Waals surface area contributed by atoms with Gasteiger partial charge in [-0.1, -0.05) is 30.3 Å². The van der Waals surface area contributed by atoms with Gasteiger partial charge >= 0.3 is 0 Å². The van der Waals surface area contributed by atoms with Crippen molar-refractivity contribution in [1.82, 2.24) is 0 Å². The van der Waals surface area contributed by atoms with Gasteiger partial charge in [-0.15, -0.1) is 0 Å². The molecule has 0 aromatic heterocycles. The first-order chi connectivity index (χ1) is 10.2. The number of rotatable bonds is 3. The Balaban J connectivity index is 1.64. The molecule has 0 aliphatic carbocycles. The first-order valence-electron chi connectivity index (χ1n) is 7.65. The summed E-state index contributed by atoms with van der Waals surface area (Å²) >= 11 is 0. The molecule has 1 aliphatic rings. The highest BCUT2D eigenvalue weighted by molar-refractivity contribution is 5.94. The molecule has 0 saturated carbocycles. The Morgan fingerprint density at radius 2 is 1.57 bits per heavy atom. The smallest absolute Gasteiger partial charge is 0.159 e. The number of hydrogen-bond acceptors (Lipinski definition) is 2. The van der Waals surface area contributed by atoms with Crippen LogP contribution in [0, 0.1) is 0 Å². The van der Waals surface area contributed by atoms with Crippen molar-refractivity contribution in [1.29, 1.82) is 0 Å². The lowest BCUT2D eigenvalue weighted by molar-refractivity contribution is 0.101. The first-order valence-corrected chi connectivity index (χ1v) is 7.65. The predicted octanol–water partition coefficient (Wildman–Crippen LogP) is 4.27. The van der Waals surface area contributed by atoms with Crippen molar-refractivity contribution in [3.05, 3.63) is 65.7 Å². The fraction of sp³-hybridized carbons (Fsp3) is 0.316. The zero-order valence-corrected chi connectivity index (χ0v) is 12.5. The lowest BCUT2D eigenvalue weighted by Crippen LogP contribution is -2.32.